The summed E-state index contributed by atoms with van der Waals surface area (Å²) in [4.78, 5) is 16.6. The van der Waals surface area contributed by atoms with E-state index in [-0.39, 0.29) is 5.91 Å². The van der Waals surface area contributed by atoms with Crippen molar-refractivity contribution in [2.45, 2.75) is 0 Å². The van der Waals surface area contributed by atoms with E-state index in [2.05, 4.69) is 15.5 Å². The Bertz CT molecular complexity index is 823. The summed E-state index contributed by atoms with van der Waals surface area (Å²) in [7, 11) is 0. The van der Waals surface area contributed by atoms with Crippen molar-refractivity contribution in [2.24, 2.45) is 5.10 Å². The monoisotopic (exact) mass is 335 g/mol. The van der Waals surface area contributed by atoms with Crippen molar-refractivity contribution >= 4 is 23.2 Å². The van der Waals surface area contributed by atoms with E-state index in [0.717, 1.165) is 5.56 Å². The van der Waals surface area contributed by atoms with E-state index >= 15 is 0 Å². The largest absolute Gasteiger partial charge is 0.271 e. The lowest BCUT2D eigenvalue weighted by atomic mass is 10.1. The van der Waals surface area contributed by atoms with E-state index in [1.54, 1.807) is 30.5 Å². The van der Waals surface area contributed by atoms with Crippen molar-refractivity contribution < 1.29 is 4.79 Å². The fraction of sp³-hybridized carbons (Fsp3) is 0. The molecule has 1 aromatic heterocycles. The SMILES string of the molecule is O=C(N/N=C(\c1ccccc1)c1ccccn1)c1cccc(Cl)c1. The zero-order valence-corrected chi connectivity index (χ0v) is 13.4. The van der Waals surface area contributed by atoms with Gasteiger partial charge < -0.3 is 0 Å². The molecule has 3 rings (SSSR count). The van der Waals surface area contributed by atoms with Gasteiger partial charge in [-0.2, -0.15) is 5.10 Å². The van der Waals surface area contributed by atoms with Crippen LogP contribution in [0.1, 0.15) is 21.6 Å². The van der Waals surface area contributed by atoms with Crippen LogP contribution in [0.3, 0.4) is 0 Å². The zero-order valence-electron chi connectivity index (χ0n) is 12.7. The van der Waals surface area contributed by atoms with Crippen LogP contribution in [-0.2, 0) is 0 Å². The number of rotatable bonds is 4. The molecule has 118 valence electrons. The number of nitrogens with one attached hydrogen (secondary N) is 1. The summed E-state index contributed by atoms with van der Waals surface area (Å²) in [6, 6.07) is 21.8. The molecule has 0 aliphatic carbocycles. The van der Waals surface area contributed by atoms with Gasteiger partial charge in [0.25, 0.3) is 5.91 Å². The number of nitrogens with zero attached hydrogens (tertiary/aromatic N) is 2. The molecule has 0 saturated heterocycles. The predicted molar refractivity (Wildman–Crippen MR) is 95.2 cm³/mol. The van der Waals surface area contributed by atoms with Gasteiger partial charge in [0.05, 0.1) is 5.69 Å². The minimum absolute atomic E-state index is 0.332. The highest BCUT2D eigenvalue weighted by atomic mass is 35.5. The maximum absolute atomic E-state index is 12.3. The number of pyridine rings is 1. The molecule has 0 aliphatic heterocycles. The number of aromatic nitrogens is 1. The fourth-order valence-corrected chi connectivity index (χ4v) is 2.36. The van der Waals surface area contributed by atoms with Crippen LogP contribution in [0.2, 0.25) is 5.02 Å². The molecule has 4 nitrogen and oxygen atoms in total. The lowest BCUT2D eigenvalue weighted by Gasteiger charge is -2.07. The van der Waals surface area contributed by atoms with Gasteiger partial charge in [-0.25, -0.2) is 5.43 Å². The van der Waals surface area contributed by atoms with Crippen LogP contribution < -0.4 is 5.43 Å². The van der Waals surface area contributed by atoms with Gasteiger partial charge in [0, 0.05) is 22.3 Å². The second-order valence-corrected chi connectivity index (χ2v) is 5.43. The Balaban J connectivity index is 1.91. The van der Waals surface area contributed by atoms with Crippen molar-refractivity contribution in [3.05, 3.63) is 101 Å². The third-order valence-electron chi connectivity index (χ3n) is 3.31. The van der Waals surface area contributed by atoms with Crippen molar-refractivity contribution in [1.29, 1.82) is 0 Å². The van der Waals surface area contributed by atoms with E-state index in [1.165, 1.54) is 0 Å². The zero-order chi connectivity index (χ0) is 16.8. The van der Waals surface area contributed by atoms with E-state index in [4.69, 9.17) is 11.6 Å². The quantitative estimate of drug-likeness (QED) is 0.580. The lowest BCUT2D eigenvalue weighted by Crippen LogP contribution is -2.21. The van der Waals surface area contributed by atoms with Gasteiger partial charge in [-0.15, -0.1) is 0 Å². The van der Waals surface area contributed by atoms with Gasteiger partial charge >= 0.3 is 0 Å². The van der Waals surface area contributed by atoms with E-state index in [9.17, 15) is 4.79 Å². The molecule has 1 heterocycles. The summed E-state index contributed by atoms with van der Waals surface area (Å²) < 4.78 is 0. The second-order valence-electron chi connectivity index (χ2n) is 4.99. The minimum atomic E-state index is -0.332. The Morgan fingerprint density at radius 3 is 2.38 bits per heavy atom. The summed E-state index contributed by atoms with van der Waals surface area (Å²) in [6.07, 6.45) is 1.69. The Morgan fingerprint density at radius 2 is 1.67 bits per heavy atom. The first-order valence-electron chi connectivity index (χ1n) is 7.34. The fourth-order valence-electron chi connectivity index (χ4n) is 2.17. The number of benzene rings is 2. The molecule has 0 saturated carbocycles. The van der Waals surface area contributed by atoms with Crippen molar-refractivity contribution in [2.75, 3.05) is 0 Å². The minimum Gasteiger partial charge on any atom is -0.267 e. The molecular weight excluding hydrogens is 322 g/mol. The molecule has 0 unspecified atom stereocenters. The van der Waals surface area contributed by atoms with Crippen LogP contribution in [0.15, 0.2) is 84.1 Å². The Kier molecular flexibility index (Phi) is 4.99. The molecule has 24 heavy (non-hydrogen) atoms. The number of hydrogen-bond donors (Lipinski definition) is 1. The number of amides is 1. The highest BCUT2D eigenvalue weighted by Gasteiger charge is 2.10. The molecule has 0 atom stereocenters. The number of hydrazone groups is 1. The third kappa shape index (κ3) is 3.86. The normalized spacial score (nSPS) is 11.1. The molecule has 1 N–H and O–H groups in total. The van der Waals surface area contributed by atoms with Crippen LogP contribution in [-0.4, -0.2) is 16.6 Å². The molecule has 0 fully saturated rings. The lowest BCUT2D eigenvalue weighted by molar-refractivity contribution is 0.0955. The highest BCUT2D eigenvalue weighted by molar-refractivity contribution is 6.31. The number of carbonyl (C=O) groups is 1. The molecule has 0 radical (unpaired) electrons. The number of carbonyl (C=O) groups excluding carboxylic acids is 1. The molecular formula is C19H14ClN3O. The smallest absolute Gasteiger partial charge is 0.267 e. The Labute approximate surface area is 144 Å². The van der Waals surface area contributed by atoms with Crippen LogP contribution in [0.25, 0.3) is 0 Å². The van der Waals surface area contributed by atoms with Crippen LogP contribution in [0.4, 0.5) is 0 Å². The maximum atomic E-state index is 12.3. The second kappa shape index (κ2) is 7.53. The first kappa shape index (κ1) is 15.9. The van der Waals surface area contributed by atoms with E-state index in [1.807, 2.05) is 48.5 Å². The average molecular weight is 336 g/mol. The van der Waals surface area contributed by atoms with Crippen molar-refractivity contribution in [3.63, 3.8) is 0 Å². The predicted octanol–water partition coefficient (Wildman–Crippen LogP) is 3.92. The molecule has 1 amide bonds. The van der Waals surface area contributed by atoms with Crippen LogP contribution >= 0.6 is 11.6 Å². The molecule has 0 aliphatic rings. The topological polar surface area (TPSA) is 54.4 Å². The maximum Gasteiger partial charge on any atom is 0.271 e. The van der Waals surface area contributed by atoms with Gasteiger partial charge in [0.2, 0.25) is 0 Å². The molecule has 3 aromatic rings. The molecule has 2 aromatic carbocycles. The summed E-state index contributed by atoms with van der Waals surface area (Å²) in [5.41, 5.74) is 5.15. The Morgan fingerprint density at radius 1 is 0.917 bits per heavy atom. The number of halogens is 1. The number of hydrogen-bond acceptors (Lipinski definition) is 3. The standard InChI is InChI=1S/C19H14ClN3O/c20-16-10-6-9-15(13-16)19(24)23-22-18(14-7-2-1-3-8-14)17-11-4-5-12-21-17/h1-13H,(H,23,24)/b22-18+. The van der Waals surface area contributed by atoms with Crippen molar-refractivity contribution in [3.8, 4) is 0 Å². The first-order chi connectivity index (χ1) is 11.7. The van der Waals surface area contributed by atoms with Crippen LogP contribution in [0, 0.1) is 0 Å². The summed E-state index contributed by atoms with van der Waals surface area (Å²) in [6.45, 7) is 0. The van der Waals surface area contributed by atoms with Gasteiger partial charge in [-0.05, 0) is 30.3 Å². The molecule has 0 spiro atoms. The van der Waals surface area contributed by atoms with Gasteiger partial charge in [-0.1, -0.05) is 54.1 Å². The van der Waals surface area contributed by atoms with Crippen LogP contribution in [0.5, 0.6) is 0 Å². The van der Waals surface area contributed by atoms with Crippen molar-refractivity contribution in [1.82, 2.24) is 10.4 Å². The van der Waals surface area contributed by atoms with E-state index in [0.29, 0.717) is 22.0 Å². The average Bonchev–Trinajstić information content (AvgIpc) is 2.63. The third-order valence-corrected chi connectivity index (χ3v) is 3.55. The highest BCUT2D eigenvalue weighted by Crippen LogP contribution is 2.11. The first-order valence-corrected chi connectivity index (χ1v) is 7.72. The molecule has 0 bridgehead atoms. The summed E-state index contributed by atoms with van der Waals surface area (Å²) in [5.74, 6) is -0.332. The van der Waals surface area contributed by atoms with Gasteiger partial charge in [0.1, 0.15) is 5.71 Å². The summed E-state index contributed by atoms with van der Waals surface area (Å²) >= 11 is 5.92. The van der Waals surface area contributed by atoms with Gasteiger partial charge in [-0.3, -0.25) is 9.78 Å². The van der Waals surface area contributed by atoms with Gasteiger partial charge in [0.15, 0.2) is 0 Å². The summed E-state index contributed by atoms with van der Waals surface area (Å²) in [5, 5.41) is 4.78. The van der Waals surface area contributed by atoms with E-state index < -0.39 is 0 Å². The molecule has 5 heteroatoms. The Hall–Kier alpha value is -2.98.